The molecule has 8 heteroatoms. The molecule has 0 spiro atoms. The number of rotatable bonds is 4. The van der Waals surface area contributed by atoms with Crippen LogP contribution >= 0.6 is 15.9 Å². The fourth-order valence-electron chi connectivity index (χ4n) is 3.24. The number of anilines is 2. The Morgan fingerprint density at radius 1 is 1.25 bits per heavy atom. The number of hydrogen-bond donors (Lipinski definition) is 2. The third-order valence-electron chi connectivity index (χ3n) is 4.55. The van der Waals surface area contributed by atoms with Crippen LogP contribution in [0.15, 0.2) is 70.6 Å². The second-order valence-corrected chi connectivity index (χ2v) is 7.25. The summed E-state index contributed by atoms with van der Waals surface area (Å²) < 4.78 is 7.82. The standard InChI is InChI=1S/C20H18BrN5O2/c1-12-17(19(27)25-15-6-8-16(28-2)9-7-15)18(13-4-3-5-14(21)10-13)26-20(24-12)22-11-23-26/h3-11,18H,1-2H3,(H,25,27)(H,22,23,24). The highest BCUT2D eigenvalue weighted by Gasteiger charge is 2.33. The quantitative estimate of drug-likeness (QED) is 0.642. The Morgan fingerprint density at radius 2 is 2.04 bits per heavy atom. The second-order valence-electron chi connectivity index (χ2n) is 6.33. The van der Waals surface area contributed by atoms with Gasteiger partial charge >= 0.3 is 0 Å². The number of aromatic nitrogens is 3. The van der Waals surface area contributed by atoms with E-state index in [0.717, 1.165) is 21.5 Å². The maximum Gasteiger partial charge on any atom is 0.255 e. The molecule has 2 heterocycles. The zero-order chi connectivity index (χ0) is 19.7. The van der Waals surface area contributed by atoms with Crippen LogP contribution in [-0.4, -0.2) is 27.8 Å². The molecule has 1 amide bonds. The average Bonchev–Trinajstić information content (AvgIpc) is 3.15. The van der Waals surface area contributed by atoms with Crippen molar-refractivity contribution in [2.75, 3.05) is 17.7 Å². The summed E-state index contributed by atoms with van der Waals surface area (Å²) in [5, 5.41) is 10.5. The summed E-state index contributed by atoms with van der Waals surface area (Å²) in [6.07, 6.45) is 1.48. The lowest BCUT2D eigenvalue weighted by molar-refractivity contribution is -0.113. The number of nitrogens with zero attached hydrogens (tertiary/aromatic N) is 3. The molecule has 0 radical (unpaired) electrons. The van der Waals surface area contributed by atoms with Gasteiger partial charge in [-0.2, -0.15) is 10.1 Å². The maximum absolute atomic E-state index is 13.2. The van der Waals surface area contributed by atoms with Crippen LogP contribution in [0, 0.1) is 0 Å². The normalized spacial score (nSPS) is 15.6. The second kappa shape index (κ2) is 7.47. The molecule has 4 rings (SSSR count). The van der Waals surface area contributed by atoms with Gasteiger partial charge in [0.1, 0.15) is 18.1 Å². The van der Waals surface area contributed by atoms with Crippen molar-refractivity contribution in [1.29, 1.82) is 0 Å². The van der Waals surface area contributed by atoms with Gasteiger partial charge in [0, 0.05) is 15.9 Å². The van der Waals surface area contributed by atoms with E-state index in [1.807, 2.05) is 31.2 Å². The molecule has 1 aliphatic heterocycles. The van der Waals surface area contributed by atoms with Crippen LogP contribution in [-0.2, 0) is 4.79 Å². The predicted octanol–water partition coefficient (Wildman–Crippen LogP) is 3.98. The summed E-state index contributed by atoms with van der Waals surface area (Å²) in [7, 11) is 1.60. The number of carbonyl (C=O) groups excluding carboxylic acids is 1. The van der Waals surface area contributed by atoms with E-state index in [2.05, 4.69) is 36.6 Å². The highest BCUT2D eigenvalue weighted by Crippen LogP contribution is 2.36. The molecule has 2 N–H and O–H groups in total. The lowest BCUT2D eigenvalue weighted by Crippen LogP contribution is -2.31. The van der Waals surface area contributed by atoms with Gasteiger partial charge in [-0.25, -0.2) is 4.68 Å². The molecule has 0 fully saturated rings. The van der Waals surface area contributed by atoms with Crippen molar-refractivity contribution in [2.24, 2.45) is 0 Å². The molecule has 1 unspecified atom stereocenters. The van der Waals surface area contributed by atoms with E-state index in [4.69, 9.17) is 4.74 Å². The van der Waals surface area contributed by atoms with Gasteiger partial charge in [-0.1, -0.05) is 28.1 Å². The first-order valence-corrected chi connectivity index (χ1v) is 9.44. The van der Waals surface area contributed by atoms with Crippen molar-refractivity contribution < 1.29 is 9.53 Å². The Morgan fingerprint density at radius 3 is 2.75 bits per heavy atom. The number of ether oxygens (including phenoxy) is 1. The number of hydrogen-bond acceptors (Lipinski definition) is 5. The fraction of sp³-hybridized carbons (Fsp3) is 0.150. The summed E-state index contributed by atoms with van der Waals surface area (Å²) in [5.41, 5.74) is 2.92. The van der Waals surface area contributed by atoms with E-state index < -0.39 is 6.04 Å². The Hall–Kier alpha value is -3.13. The van der Waals surface area contributed by atoms with Gasteiger partial charge in [0.25, 0.3) is 5.91 Å². The lowest BCUT2D eigenvalue weighted by atomic mass is 9.95. The van der Waals surface area contributed by atoms with E-state index in [9.17, 15) is 4.79 Å². The number of nitrogens with one attached hydrogen (secondary N) is 2. The first-order valence-electron chi connectivity index (χ1n) is 8.65. The fourth-order valence-corrected chi connectivity index (χ4v) is 3.66. The number of carbonyl (C=O) groups is 1. The van der Waals surface area contributed by atoms with Gasteiger partial charge in [0.15, 0.2) is 0 Å². The SMILES string of the molecule is COc1ccc(NC(=O)C2=C(C)Nc3ncnn3C2c2cccc(Br)c2)cc1. The average molecular weight is 440 g/mol. The predicted molar refractivity (Wildman–Crippen MR) is 110 cm³/mol. The van der Waals surface area contributed by atoms with Gasteiger partial charge < -0.3 is 15.4 Å². The molecule has 0 saturated carbocycles. The van der Waals surface area contributed by atoms with Gasteiger partial charge in [-0.05, 0) is 48.9 Å². The molecule has 2 aromatic carbocycles. The first-order chi connectivity index (χ1) is 13.6. The minimum absolute atomic E-state index is 0.207. The van der Waals surface area contributed by atoms with Crippen LogP contribution in [0.3, 0.4) is 0 Å². The number of amides is 1. The molecule has 142 valence electrons. The van der Waals surface area contributed by atoms with Gasteiger partial charge in [0.2, 0.25) is 5.95 Å². The zero-order valence-electron chi connectivity index (χ0n) is 15.3. The van der Waals surface area contributed by atoms with Crippen molar-refractivity contribution in [3.63, 3.8) is 0 Å². The van der Waals surface area contributed by atoms with Crippen LogP contribution in [0.5, 0.6) is 5.75 Å². The number of allylic oxidation sites excluding steroid dienone is 1. The highest BCUT2D eigenvalue weighted by molar-refractivity contribution is 9.10. The minimum atomic E-state index is -0.394. The molecule has 7 nitrogen and oxygen atoms in total. The van der Waals surface area contributed by atoms with Crippen LogP contribution in [0.2, 0.25) is 0 Å². The maximum atomic E-state index is 13.2. The topological polar surface area (TPSA) is 81.1 Å². The van der Waals surface area contributed by atoms with E-state index in [1.165, 1.54) is 6.33 Å². The summed E-state index contributed by atoms with van der Waals surface area (Å²) in [6.45, 7) is 1.87. The smallest absolute Gasteiger partial charge is 0.255 e. The molecular formula is C20H18BrN5O2. The van der Waals surface area contributed by atoms with Crippen molar-refractivity contribution in [2.45, 2.75) is 13.0 Å². The summed E-state index contributed by atoms with van der Waals surface area (Å²) in [5.74, 6) is 1.12. The van der Waals surface area contributed by atoms with Crippen molar-refractivity contribution >= 4 is 33.5 Å². The van der Waals surface area contributed by atoms with Crippen molar-refractivity contribution in [3.05, 3.63) is 76.2 Å². The molecule has 28 heavy (non-hydrogen) atoms. The minimum Gasteiger partial charge on any atom is -0.497 e. The summed E-state index contributed by atoms with van der Waals surface area (Å²) in [6, 6.07) is 14.7. The molecule has 1 atom stereocenters. The molecule has 0 bridgehead atoms. The molecule has 1 aliphatic rings. The molecule has 0 saturated heterocycles. The van der Waals surface area contributed by atoms with Crippen molar-refractivity contribution in [1.82, 2.24) is 14.8 Å². The zero-order valence-corrected chi connectivity index (χ0v) is 16.9. The molecule has 0 aliphatic carbocycles. The third kappa shape index (κ3) is 3.38. The van der Waals surface area contributed by atoms with E-state index in [-0.39, 0.29) is 5.91 Å². The summed E-state index contributed by atoms with van der Waals surface area (Å²) >= 11 is 3.51. The van der Waals surface area contributed by atoms with Crippen molar-refractivity contribution in [3.8, 4) is 5.75 Å². The van der Waals surface area contributed by atoms with E-state index in [1.54, 1.807) is 36.1 Å². The molecule has 3 aromatic rings. The van der Waals surface area contributed by atoms with E-state index in [0.29, 0.717) is 17.2 Å². The number of fused-ring (bicyclic) bond motifs is 1. The number of methoxy groups -OCH3 is 1. The molecular weight excluding hydrogens is 422 g/mol. The van der Waals surface area contributed by atoms with Crippen LogP contribution < -0.4 is 15.4 Å². The van der Waals surface area contributed by atoms with Crippen LogP contribution in [0.25, 0.3) is 0 Å². The molecule has 1 aromatic heterocycles. The largest absolute Gasteiger partial charge is 0.497 e. The highest BCUT2D eigenvalue weighted by atomic mass is 79.9. The Bertz CT molecular complexity index is 1060. The lowest BCUT2D eigenvalue weighted by Gasteiger charge is -2.28. The van der Waals surface area contributed by atoms with Crippen LogP contribution in [0.4, 0.5) is 11.6 Å². The van der Waals surface area contributed by atoms with E-state index >= 15 is 0 Å². The number of benzene rings is 2. The Labute approximate surface area is 170 Å². The number of halogens is 1. The van der Waals surface area contributed by atoms with Gasteiger partial charge in [-0.3, -0.25) is 4.79 Å². The Kier molecular flexibility index (Phi) is 4.87. The third-order valence-corrected chi connectivity index (χ3v) is 5.04. The van der Waals surface area contributed by atoms with Gasteiger partial charge in [-0.15, -0.1) is 0 Å². The van der Waals surface area contributed by atoms with Crippen LogP contribution in [0.1, 0.15) is 18.5 Å². The monoisotopic (exact) mass is 439 g/mol. The summed E-state index contributed by atoms with van der Waals surface area (Å²) in [4.78, 5) is 17.5. The Balaban J connectivity index is 1.72. The first kappa shape index (κ1) is 18.2. The van der Waals surface area contributed by atoms with Gasteiger partial charge in [0.05, 0.1) is 12.7 Å².